The van der Waals surface area contributed by atoms with Gasteiger partial charge >= 0.3 is 6.18 Å². The largest absolute Gasteiger partial charge is 0.416 e. The van der Waals surface area contributed by atoms with Gasteiger partial charge in [0.1, 0.15) is 12.2 Å². The van der Waals surface area contributed by atoms with Gasteiger partial charge in [0, 0.05) is 31.9 Å². The van der Waals surface area contributed by atoms with Crippen LogP contribution in [0.2, 0.25) is 0 Å². The number of nitrogens with zero attached hydrogens (tertiary/aromatic N) is 5. The standard InChI is InChI=1S/C28H34F3N7O2/c1-3-22-24(36-14-12-32-13-15-36)26(40)38-27(34-25(35-38)19-8-6-4-5-7-9-19)37(22)17-23(39)33-21-11-10-20(16-18(21)2)28(29,30)31/h8,10-11,16,32H,3-7,9,12-15,17H2,1-2H3,(H,33,39). The van der Waals surface area contributed by atoms with Crippen molar-refractivity contribution in [2.45, 2.75) is 65.1 Å². The van der Waals surface area contributed by atoms with Crippen LogP contribution in [0.5, 0.6) is 0 Å². The van der Waals surface area contributed by atoms with Crippen LogP contribution in [0, 0.1) is 6.92 Å². The first-order valence-electron chi connectivity index (χ1n) is 13.8. The van der Waals surface area contributed by atoms with Crippen molar-refractivity contribution < 1.29 is 18.0 Å². The molecule has 9 nitrogen and oxygen atoms in total. The van der Waals surface area contributed by atoms with E-state index in [2.05, 4.69) is 21.8 Å². The Hall–Kier alpha value is -3.67. The minimum absolute atomic E-state index is 0.177. The van der Waals surface area contributed by atoms with Gasteiger partial charge in [0.15, 0.2) is 5.82 Å². The van der Waals surface area contributed by atoms with Crippen molar-refractivity contribution in [3.63, 3.8) is 0 Å². The highest BCUT2D eigenvalue weighted by molar-refractivity contribution is 5.91. The first kappa shape index (κ1) is 27.9. The zero-order valence-corrected chi connectivity index (χ0v) is 22.8. The van der Waals surface area contributed by atoms with E-state index in [9.17, 15) is 22.8 Å². The number of hydrogen-bond acceptors (Lipinski definition) is 6. The van der Waals surface area contributed by atoms with Gasteiger partial charge in [-0.1, -0.05) is 19.4 Å². The van der Waals surface area contributed by atoms with Gasteiger partial charge in [-0.05, 0) is 68.4 Å². The normalized spacial score (nSPS) is 16.6. The Bertz CT molecular complexity index is 1500. The lowest BCUT2D eigenvalue weighted by atomic mass is 10.1. The minimum Gasteiger partial charge on any atom is -0.363 e. The summed E-state index contributed by atoms with van der Waals surface area (Å²) in [6.45, 7) is 6.00. The molecule has 1 amide bonds. The maximum atomic E-state index is 13.8. The molecule has 1 aliphatic carbocycles. The number of allylic oxidation sites excluding steroid dienone is 2. The van der Waals surface area contributed by atoms with Crippen LogP contribution in [0.25, 0.3) is 11.4 Å². The number of piperazine rings is 1. The third kappa shape index (κ3) is 5.63. The Morgan fingerprint density at radius 2 is 1.93 bits per heavy atom. The fourth-order valence-electron chi connectivity index (χ4n) is 5.49. The van der Waals surface area contributed by atoms with E-state index in [0.717, 1.165) is 62.9 Å². The second-order valence-corrected chi connectivity index (χ2v) is 10.3. The Morgan fingerprint density at radius 3 is 2.62 bits per heavy atom. The SMILES string of the molecule is CCc1c(N2CCNCC2)c(=O)n2nc(C3=CCCCCC3)nc2n1CC(=O)Nc1ccc(C(F)(F)F)cc1C. The number of aromatic nitrogens is 4. The summed E-state index contributed by atoms with van der Waals surface area (Å²) in [5.41, 5.74) is 1.73. The predicted octanol–water partition coefficient (Wildman–Crippen LogP) is 4.18. The monoisotopic (exact) mass is 557 g/mol. The van der Waals surface area contributed by atoms with Gasteiger partial charge in [0.05, 0.1) is 11.3 Å². The number of aryl methyl sites for hydroxylation is 1. The smallest absolute Gasteiger partial charge is 0.363 e. The Kier molecular flexibility index (Phi) is 7.97. The number of fused-ring (bicyclic) bond motifs is 1. The summed E-state index contributed by atoms with van der Waals surface area (Å²) in [6, 6.07) is 3.22. The summed E-state index contributed by atoms with van der Waals surface area (Å²) in [4.78, 5) is 33.9. The van der Waals surface area contributed by atoms with Crippen LogP contribution >= 0.6 is 0 Å². The second-order valence-electron chi connectivity index (χ2n) is 10.3. The number of rotatable bonds is 6. The summed E-state index contributed by atoms with van der Waals surface area (Å²) < 4.78 is 42.4. The van der Waals surface area contributed by atoms with E-state index in [1.54, 1.807) is 4.57 Å². The van der Waals surface area contributed by atoms with Crippen molar-refractivity contribution in [1.29, 1.82) is 0 Å². The third-order valence-corrected chi connectivity index (χ3v) is 7.55. The molecule has 0 atom stereocenters. The lowest BCUT2D eigenvalue weighted by Gasteiger charge is -2.31. The molecule has 1 aliphatic heterocycles. The van der Waals surface area contributed by atoms with Crippen molar-refractivity contribution in [2.24, 2.45) is 0 Å². The number of anilines is 2. The minimum atomic E-state index is -4.47. The molecule has 1 saturated heterocycles. The maximum Gasteiger partial charge on any atom is 0.416 e. The molecular weight excluding hydrogens is 523 g/mol. The highest BCUT2D eigenvalue weighted by Gasteiger charge is 2.31. The van der Waals surface area contributed by atoms with Crippen LogP contribution < -0.4 is 21.1 Å². The number of halogens is 3. The van der Waals surface area contributed by atoms with Crippen molar-refractivity contribution in [3.05, 3.63) is 57.3 Å². The van der Waals surface area contributed by atoms with Crippen LogP contribution in [0.15, 0.2) is 29.1 Å². The van der Waals surface area contributed by atoms with E-state index in [1.807, 2.05) is 11.8 Å². The molecule has 2 N–H and O–H groups in total. The van der Waals surface area contributed by atoms with E-state index >= 15 is 0 Å². The number of amides is 1. The summed E-state index contributed by atoms with van der Waals surface area (Å²) >= 11 is 0. The van der Waals surface area contributed by atoms with E-state index in [1.165, 1.54) is 17.5 Å². The van der Waals surface area contributed by atoms with Gasteiger partial charge in [0.2, 0.25) is 11.7 Å². The van der Waals surface area contributed by atoms with Crippen LogP contribution in [0.3, 0.4) is 0 Å². The van der Waals surface area contributed by atoms with Crippen LogP contribution in [0.4, 0.5) is 24.5 Å². The maximum absolute atomic E-state index is 13.8. The Balaban J connectivity index is 1.57. The molecule has 2 aromatic heterocycles. The molecule has 0 unspecified atom stereocenters. The summed E-state index contributed by atoms with van der Waals surface area (Å²) in [5, 5.41) is 10.7. The van der Waals surface area contributed by atoms with Gasteiger partial charge < -0.3 is 20.1 Å². The number of hydrogen-bond donors (Lipinski definition) is 2. The fraction of sp³-hybridized carbons (Fsp3) is 0.500. The quantitative estimate of drug-likeness (QED) is 0.472. The molecule has 40 heavy (non-hydrogen) atoms. The average Bonchev–Trinajstić information content (AvgIpc) is 3.19. The number of benzene rings is 1. The summed E-state index contributed by atoms with van der Waals surface area (Å²) in [7, 11) is 0. The van der Waals surface area contributed by atoms with E-state index in [-0.39, 0.29) is 17.9 Å². The van der Waals surface area contributed by atoms with Crippen LogP contribution in [-0.4, -0.2) is 51.3 Å². The molecule has 3 heterocycles. The number of carbonyl (C=O) groups excluding carboxylic acids is 1. The highest BCUT2D eigenvalue weighted by atomic mass is 19.4. The number of nitrogens with one attached hydrogen (secondary N) is 2. The van der Waals surface area contributed by atoms with Gasteiger partial charge in [-0.25, -0.2) is 0 Å². The predicted molar refractivity (Wildman–Crippen MR) is 148 cm³/mol. The van der Waals surface area contributed by atoms with Crippen LogP contribution in [-0.2, 0) is 23.9 Å². The van der Waals surface area contributed by atoms with Gasteiger partial charge in [-0.2, -0.15) is 22.7 Å². The molecule has 2 aliphatic rings. The van der Waals surface area contributed by atoms with Crippen LogP contribution in [0.1, 0.15) is 61.7 Å². The zero-order chi connectivity index (χ0) is 28.4. The van der Waals surface area contributed by atoms with Gasteiger partial charge in [-0.15, -0.1) is 5.10 Å². The zero-order valence-electron chi connectivity index (χ0n) is 22.8. The molecule has 0 bridgehead atoms. The van der Waals surface area contributed by atoms with Crippen molar-refractivity contribution >= 4 is 28.6 Å². The molecule has 0 radical (unpaired) electrons. The first-order valence-corrected chi connectivity index (χ1v) is 13.8. The van der Waals surface area contributed by atoms with E-state index in [0.29, 0.717) is 48.0 Å². The van der Waals surface area contributed by atoms with Gasteiger partial charge in [0.25, 0.3) is 5.56 Å². The molecule has 3 aromatic rings. The molecule has 0 saturated carbocycles. The molecule has 214 valence electrons. The topological polar surface area (TPSA) is 96.6 Å². The van der Waals surface area contributed by atoms with E-state index < -0.39 is 17.6 Å². The number of carbonyl (C=O) groups is 1. The lowest BCUT2D eigenvalue weighted by Crippen LogP contribution is -2.47. The van der Waals surface area contributed by atoms with E-state index in [4.69, 9.17) is 4.98 Å². The molecule has 1 fully saturated rings. The lowest BCUT2D eigenvalue weighted by molar-refractivity contribution is -0.137. The highest BCUT2D eigenvalue weighted by Crippen LogP contribution is 2.32. The number of alkyl halides is 3. The molecular formula is C28H34F3N7O2. The first-order chi connectivity index (χ1) is 19.2. The summed E-state index contributed by atoms with van der Waals surface area (Å²) in [6.07, 6.45) is 3.13. The Labute approximate surface area is 230 Å². The molecule has 1 aromatic carbocycles. The summed E-state index contributed by atoms with van der Waals surface area (Å²) in [5.74, 6) is 0.332. The van der Waals surface area contributed by atoms with Crippen molar-refractivity contribution in [3.8, 4) is 0 Å². The fourth-order valence-corrected chi connectivity index (χ4v) is 5.49. The second kappa shape index (κ2) is 11.4. The van der Waals surface area contributed by atoms with Crippen molar-refractivity contribution in [1.82, 2.24) is 24.5 Å². The average molecular weight is 558 g/mol. The Morgan fingerprint density at radius 1 is 1.15 bits per heavy atom. The van der Waals surface area contributed by atoms with Crippen molar-refractivity contribution in [2.75, 3.05) is 36.4 Å². The third-order valence-electron chi connectivity index (χ3n) is 7.55. The molecule has 12 heteroatoms. The molecule has 0 spiro atoms. The molecule has 5 rings (SSSR count). The van der Waals surface area contributed by atoms with Gasteiger partial charge in [-0.3, -0.25) is 9.59 Å².